The number of rotatable bonds is 4. The van der Waals surface area contributed by atoms with Crippen LogP contribution in [0, 0.1) is 19.7 Å². The van der Waals surface area contributed by atoms with Gasteiger partial charge >= 0.3 is 0 Å². The van der Waals surface area contributed by atoms with Gasteiger partial charge in [-0.3, -0.25) is 10.1 Å². The molecule has 2 aromatic heterocycles. The number of hydrogen-bond donors (Lipinski definition) is 1. The summed E-state index contributed by atoms with van der Waals surface area (Å²) in [5.41, 5.74) is 1.66. The zero-order valence-electron chi connectivity index (χ0n) is 13.3. The van der Waals surface area contributed by atoms with Gasteiger partial charge < -0.3 is 9.15 Å². The summed E-state index contributed by atoms with van der Waals surface area (Å²) in [6.45, 7) is 3.51. The van der Waals surface area contributed by atoms with Crippen LogP contribution in [0.2, 0.25) is 0 Å². The topological polar surface area (TPSA) is 64.4 Å². The van der Waals surface area contributed by atoms with Gasteiger partial charge in [0.25, 0.3) is 5.91 Å². The molecule has 0 saturated carbocycles. The van der Waals surface area contributed by atoms with E-state index in [0.717, 1.165) is 0 Å². The number of carbonyl (C=O) groups excluding carboxylic acids is 1. The molecule has 0 aliphatic carbocycles. The summed E-state index contributed by atoms with van der Waals surface area (Å²) in [6.07, 6.45) is 0. The third-order valence-electron chi connectivity index (χ3n) is 3.46. The van der Waals surface area contributed by atoms with E-state index in [0.29, 0.717) is 33.5 Å². The minimum Gasteiger partial charge on any atom is -0.494 e. The molecular formula is C17H15FN2O3S. The minimum absolute atomic E-state index is 0.174. The van der Waals surface area contributed by atoms with Gasteiger partial charge in [0.1, 0.15) is 11.5 Å². The Balaban J connectivity index is 1.79. The number of aromatic nitrogens is 1. The molecule has 5 nitrogen and oxygen atoms in total. The van der Waals surface area contributed by atoms with E-state index in [1.807, 2.05) is 0 Å². The molecule has 0 saturated heterocycles. The lowest BCUT2D eigenvalue weighted by Crippen LogP contribution is -2.11. The van der Waals surface area contributed by atoms with Crippen molar-refractivity contribution in [1.29, 1.82) is 0 Å². The molecule has 1 amide bonds. The van der Waals surface area contributed by atoms with Crippen LogP contribution < -0.4 is 10.1 Å². The van der Waals surface area contributed by atoms with Gasteiger partial charge in [-0.15, -0.1) is 11.3 Å². The zero-order valence-corrected chi connectivity index (χ0v) is 14.2. The predicted molar refractivity (Wildman–Crippen MR) is 90.2 cm³/mol. The molecule has 0 atom stereocenters. The Labute approximate surface area is 142 Å². The number of carbonyl (C=O) groups is 1. The minimum atomic E-state index is -0.460. The lowest BCUT2D eigenvalue weighted by atomic mass is 10.1. The first-order valence-electron chi connectivity index (χ1n) is 7.15. The van der Waals surface area contributed by atoms with E-state index in [4.69, 9.17) is 9.15 Å². The number of benzene rings is 1. The van der Waals surface area contributed by atoms with E-state index < -0.39 is 5.82 Å². The molecule has 0 radical (unpaired) electrons. The molecule has 0 bridgehead atoms. The van der Waals surface area contributed by atoms with Gasteiger partial charge in [0, 0.05) is 10.9 Å². The van der Waals surface area contributed by atoms with E-state index >= 15 is 0 Å². The van der Waals surface area contributed by atoms with E-state index in [1.165, 1.54) is 24.5 Å². The van der Waals surface area contributed by atoms with Crippen molar-refractivity contribution in [3.63, 3.8) is 0 Å². The van der Waals surface area contributed by atoms with Crippen molar-refractivity contribution in [3.05, 3.63) is 52.5 Å². The smallest absolute Gasteiger partial charge is 0.260 e. The molecule has 3 aromatic rings. The summed E-state index contributed by atoms with van der Waals surface area (Å²) in [7, 11) is 1.41. The van der Waals surface area contributed by atoms with Gasteiger partial charge in [-0.05, 0) is 38.1 Å². The average Bonchev–Trinajstić information content (AvgIpc) is 3.13. The number of methoxy groups -OCH3 is 1. The van der Waals surface area contributed by atoms with E-state index in [2.05, 4.69) is 10.3 Å². The number of halogens is 1. The van der Waals surface area contributed by atoms with Crippen molar-refractivity contribution in [3.8, 4) is 17.0 Å². The molecule has 24 heavy (non-hydrogen) atoms. The van der Waals surface area contributed by atoms with Crippen molar-refractivity contribution >= 4 is 22.4 Å². The summed E-state index contributed by atoms with van der Waals surface area (Å²) in [5.74, 6) is 0.655. The SMILES string of the molecule is COc1ccc(-c2csc(NC(=O)c3cc(C)oc3C)n2)cc1F. The Morgan fingerprint density at radius 1 is 1.33 bits per heavy atom. The summed E-state index contributed by atoms with van der Waals surface area (Å²) in [4.78, 5) is 16.6. The Kier molecular flexibility index (Phi) is 4.35. The molecule has 0 unspecified atom stereocenters. The van der Waals surface area contributed by atoms with Gasteiger partial charge in [0.05, 0.1) is 18.4 Å². The van der Waals surface area contributed by atoms with Crippen molar-refractivity contribution in [2.45, 2.75) is 13.8 Å². The van der Waals surface area contributed by atoms with Crippen LogP contribution >= 0.6 is 11.3 Å². The Bertz CT molecular complexity index is 901. The summed E-state index contributed by atoms with van der Waals surface area (Å²) in [6, 6.07) is 6.28. The highest BCUT2D eigenvalue weighted by Crippen LogP contribution is 2.28. The molecule has 0 fully saturated rings. The fourth-order valence-electron chi connectivity index (χ4n) is 2.31. The van der Waals surface area contributed by atoms with Gasteiger partial charge in [0.2, 0.25) is 0 Å². The van der Waals surface area contributed by atoms with Crippen LogP contribution in [0.15, 0.2) is 34.1 Å². The highest BCUT2D eigenvalue weighted by molar-refractivity contribution is 7.14. The molecule has 3 rings (SSSR count). The maximum absolute atomic E-state index is 13.8. The number of amides is 1. The molecule has 1 aromatic carbocycles. The predicted octanol–water partition coefficient (Wildman–Crippen LogP) is 4.42. The largest absolute Gasteiger partial charge is 0.494 e. The van der Waals surface area contributed by atoms with Crippen LogP contribution in [0.3, 0.4) is 0 Å². The Hall–Kier alpha value is -2.67. The van der Waals surface area contributed by atoms with Crippen molar-refractivity contribution < 1.29 is 18.3 Å². The first-order chi connectivity index (χ1) is 11.5. The number of hydrogen-bond acceptors (Lipinski definition) is 5. The van der Waals surface area contributed by atoms with Crippen LogP contribution in [-0.4, -0.2) is 18.0 Å². The number of nitrogens with one attached hydrogen (secondary N) is 1. The van der Waals surface area contributed by atoms with Crippen molar-refractivity contribution in [2.75, 3.05) is 12.4 Å². The number of thiazole rings is 1. The number of aryl methyl sites for hydroxylation is 2. The van der Waals surface area contributed by atoms with E-state index in [1.54, 1.807) is 37.4 Å². The van der Waals surface area contributed by atoms with Crippen LogP contribution in [0.1, 0.15) is 21.9 Å². The summed E-state index contributed by atoms with van der Waals surface area (Å²) >= 11 is 1.27. The lowest BCUT2D eigenvalue weighted by Gasteiger charge is -2.03. The molecule has 2 heterocycles. The van der Waals surface area contributed by atoms with Crippen LogP contribution in [-0.2, 0) is 0 Å². The first kappa shape index (κ1) is 16.2. The summed E-state index contributed by atoms with van der Waals surface area (Å²) in [5, 5.41) is 4.92. The second-order valence-electron chi connectivity index (χ2n) is 5.17. The van der Waals surface area contributed by atoms with Crippen molar-refractivity contribution in [1.82, 2.24) is 4.98 Å². The Morgan fingerprint density at radius 2 is 2.12 bits per heavy atom. The fourth-order valence-corrected chi connectivity index (χ4v) is 3.02. The third kappa shape index (κ3) is 3.16. The second kappa shape index (κ2) is 6.45. The van der Waals surface area contributed by atoms with Crippen LogP contribution in [0.5, 0.6) is 5.75 Å². The molecule has 0 spiro atoms. The molecule has 1 N–H and O–H groups in total. The van der Waals surface area contributed by atoms with Gasteiger partial charge in [-0.25, -0.2) is 9.37 Å². The van der Waals surface area contributed by atoms with Gasteiger partial charge in [-0.1, -0.05) is 0 Å². The lowest BCUT2D eigenvalue weighted by molar-refractivity contribution is 0.102. The van der Waals surface area contributed by atoms with E-state index in [9.17, 15) is 9.18 Å². The molecular weight excluding hydrogens is 331 g/mol. The Morgan fingerprint density at radius 3 is 2.75 bits per heavy atom. The maximum atomic E-state index is 13.8. The molecule has 0 aliphatic rings. The van der Waals surface area contributed by atoms with Crippen LogP contribution in [0.4, 0.5) is 9.52 Å². The number of nitrogens with zero attached hydrogens (tertiary/aromatic N) is 1. The standard InChI is InChI=1S/C17H15FN2O3S/c1-9-6-12(10(2)23-9)16(21)20-17-19-14(8-24-17)11-4-5-15(22-3)13(18)7-11/h4-8H,1-3H3,(H,19,20,21). The molecule has 124 valence electrons. The number of furan rings is 1. The van der Waals surface area contributed by atoms with Gasteiger partial charge in [0.15, 0.2) is 16.7 Å². The molecule has 7 heteroatoms. The number of ether oxygens (including phenoxy) is 1. The highest BCUT2D eigenvalue weighted by Gasteiger charge is 2.16. The van der Waals surface area contributed by atoms with Crippen LogP contribution in [0.25, 0.3) is 11.3 Å². The summed E-state index contributed by atoms with van der Waals surface area (Å²) < 4.78 is 24.0. The fraction of sp³-hybridized carbons (Fsp3) is 0.176. The monoisotopic (exact) mass is 346 g/mol. The molecule has 0 aliphatic heterocycles. The first-order valence-corrected chi connectivity index (χ1v) is 8.03. The zero-order chi connectivity index (χ0) is 17.3. The van der Waals surface area contributed by atoms with E-state index in [-0.39, 0.29) is 11.7 Å². The highest BCUT2D eigenvalue weighted by atomic mass is 32.1. The average molecular weight is 346 g/mol. The van der Waals surface area contributed by atoms with Gasteiger partial charge in [-0.2, -0.15) is 0 Å². The third-order valence-corrected chi connectivity index (χ3v) is 4.22. The van der Waals surface area contributed by atoms with Crippen molar-refractivity contribution in [2.24, 2.45) is 0 Å². The second-order valence-corrected chi connectivity index (χ2v) is 6.03. The number of anilines is 1. The quantitative estimate of drug-likeness (QED) is 0.759. The maximum Gasteiger partial charge on any atom is 0.260 e. The normalized spacial score (nSPS) is 10.7.